The Balaban J connectivity index is 1.14. The molecule has 0 amide bonds. The Kier molecular flexibility index (Phi) is 8.92. The van der Waals surface area contributed by atoms with E-state index in [0.29, 0.717) is 44.6 Å². The molecule has 20 rings (SSSR count). The topological polar surface area (TPSA) is 243 Å². The van der Waals surface area contributed by atoms with Crippen LogP contribution in [0.5, 0.6) is 0 Å². The molecule has 0 aromatic carbocycles. The van der Waals surface area contributed by atoms with Gasteiger partial charge in [-0.05, 0) is 128 Å². The number of aliphatic hydroxyl groups excluding tert-OH is 12. The molecule has 0 aliphatic heterocycles. The van der Waals surface area contributed by atoms with Crippen LogP contribution < -0.4 is 0 Å². The van der Waals surface area contributed by atoms with E-state index in [0.717, 1.165) is 0 Å². The van der Waals surface area contributed by atoms with Gasteiger partial charge in [-0.3, -0.25) is 0 Å². The third kappa shape index (κ3) is 5.95. The van der Waals surface area contributed by atoms with Gasteiger partial charge in [-0.15, -0.1) is 0 Å². The Morgan fingerprint density at radius 1 is 0.482 bits per heavy atom. The maximum absolute atomic E-state index is 11.8. The predicted molar refractivity (Wildman–Crippen MR) is 203 cm³/mol. The summed E-state index contributed by atoms with van der Waals surface area (Å²) < 4.78 is 0. The van der Waals surface area contributed by atoms with Crippen molar-refractivity contribution in [2.24, 2.45) is 47.3 Å². The lowest BCUT2D eigenvalue weighted by Gasteiger charge is -2.44. The monoisotopic (exact) mass is 770 g/mol. The third-order valence-electron chi connectivity index (χ3n) is 14.4. The zero-order chi connectivity index (χ0) is 39.5. The maximum atomic E-state index is 11.8. The molecule has 1 saturated carbocycles. The number of allylic oxidation sites excluding steroid dienone is 12. The molecule has 20 aliphatic carbocycles. The molecule has 0 aromatic rings. The maximum Gasteiger partial charge on any atom is 0.119 e. The quantitative estimate of drug-likeness (QED) is 0.126. The fourth-order valence-electron chi connectivity index (χ4n) is 11.4. The summed E-state index contributed by atoms with van der Waals surface area (Å²) in [7, 11) is 0. The van der Waals surface area contributed by atoms with Crippen molar-refractivity contribution in [3.8, 4) is 0 Å². The highest BCUT2D eigenvalue weighted by Crippen LogP contribution is 2.53. The van der Waals surface area contributed by atoms with E-state index in [1.165, 1.54) is 18.2 Å². The Hall–Kier alpha value is -4.62. The van der Waals surface area contributed by atoms with Crippen molar-refractivity contribution in [3.05, 3.63) is 127 Å². The molecule has 1 fully saturated rings. The second-order valence-corrected chi connectivity index (χ2v) is 17.6. The summed E-state index contributed by atoms with van der Waals surface area (Å²) in [5.74, 6) is -5.23. The van der Waals surface area contributed by atoms with Gasteiger partial charge in [0, 0.05) is 65.1 Å². The van der Waals surface area contributed by atoms with Crippen LogP contribution in [0.3, 0.4) is 0 Å². The van der Waals surface area contributed by atoms with Gasteiger partial charge in [0.1, 0.15) is 28.8 Å². The van der Waals surface area contributed by atoms with E-state index in [2.05, 4.69) is 0 Å². The first-order valence-corrected chi connectivity index (χ1v) is 19.8. The molecule has 0 saturated heterocycles. The summed E-state index contributed by atoms with van der Waals surface area (Å²) in [6.45, 7) is 0. The van der Waals surface area contributed by atoms with Crippen LogP contribution in [-0.4, -0.2) is 85.7 Å². The number of rotatable bonds is 0. The molecule has 12 atom stereocenters. The molecular formula is C44H50O12. The fraction of sp³-hybridized carbons (Fsp3) is 0.500. The van der Waals surface area contributed by atoms with Crippen LogP contribution in [0.4, 0.5) is 0 Å². The van der Waals surface area contributed by atoms with Crippen LogP contribution in [0.1, 0.15) is 64.2 Å². The summed E-state index contributed by atoms with van der Waals surface area (Å²) in [4.78, 5) is 0. The first kappa shape index (κ1) is 37.0. The van der Waals surface area contributed by atoms with Crippen molar-refractivity contribution in [2.75, 3.05) is 0 Å². The molecule has 0 radical (unpaired) electrons. The van der Waals surface area contributed by atoms with Crippen LogP contribution in [-0.2, 0) is 0 Å². The van der Waals surface area contributed by atoms with Gasteiger partial charge in [-0.1, -0.05) is 0 Å². The minimum Gasteiger partial charge on any atom is -0.512 e. The molecular weight excluding hydrogens is 720 g/mol. The van der Waals surface area contributed by atoms with Crippen LogP contribution in [0.15, 0.2) is 127 Å². The molecule has 0 heterocycles. The number of hydrogen-bond donors (Lipinski definition) is 12. The molecule has 20 aliphatic rings. The average Bonchev–Trinajstić information content (AvgIpc) is 3.15. The SMILES string of the molecule is OC1=CC2CC3=C(O)C=C(O)C(C3)CC3=C(O)C4=CC5=C(O)C=C(CC6=C(O)C=C(O)C(C6)CC6CC(O)C7CC(C1=CC7=C6O)C2O)C(O)C5CC4C(O)C3. The van der Waals surface area contributed by atoms with Gasteiger partial charge in [0.25, 0.3) is 0 Å². The minimum absolute atomic E-state index is 0.0375. The summed E-state index contributed by atoms with van der Waals surface area (Å²) >= 11 is 0. The average molecular weight is 771 g/mol. The van der Waals surface area contributed by atoms with Gasteiger partial charge in [0.05, 0.1) is 41.7 Å². The van der Waals surface area contributed by atoms with E-state index in [4.69, 9.17) is 0 Å². The fourth-order valence-corrected chi connectivity index (χ4v) is 11.4. The van der Waals surface area contributed by atoms with Gasteiger partial charge in [-0.25, -0.2) is 0 Å². The Morgan fingerprint density at radius 2 is 1.14 bits per heavy atom. The Labute approximate surface area is 323 Å². The van der Waals surface area contributed by atoms with Crippen LogP contribution in [0.2, 0.25) is 0 Å². The van der Waals surface area contributed by atoms with Crippen LogP contribution >= 0.6 is 0 Å². The van der Waals surface area contributed by atoms with E-state index in [1.54, 1.807) is 18.2 Å². The third-order valence-corrected chi connectivity index (χ3v) is 14.4. The predicted octanol–water partition coefficient (Wildman–Crippen LogP) is 6.55. The summed E-state index contributed by atoms with van der Waals surface area (Å²) in [6.07, 6.45) is 6.65. The number of aliphatic hydroxyl groups is 12. The zero-order valence-corrected chi connectivity index (χ0v) is 30.8. The summed E-state index contributed by atoms with van der Waals surface area (Å²) in [6, 6.07) is 0. The van der Waals surface area contributed by atoms with E-state index in [9.17, 15) is 61.3 Å². The Bertz CT molecular complexity index is 2120. The van der Waals surface area contributed by atoms with Crippen LogP contribution in [0, 0.1) is 47.3 Å². The van der Waals surface area contributed by atoms with Crippen molar-refractivity contribution >= 4 is 0 Å². The largest absolute Gasteiger partial charge is 0.512 e. The molecule has 0 aromatic heterocycles. The molecule has 12 N–H and O–H groups in total. The first-order chi connectivity index (χ1) is 26.7. The molecule has 12 nitrogen and oxygen atoms in total. The zero-order valence-electron chi connectivity index (χ0n) is 30.8. The highest BCUT2D eigenvalue weighted by atomic mass is 16.3. The second kappa shape index (κ2) is 13.5. The highest BCUT2D eigenvalue weighted by molar-refractivity contribution is 5.51. The molecule has 12 heteroatoms. The van der Waals surface area contributed by atoms with Gasteiger partial charge < -0.3 is 61.3 Å². The normalized spacial score (nSPS) is 39.9. The molecule has 16 bridgehead atoms. The van der Waals surface area contributed by atoms with Crippen LogP contribution in [0.25, 0.3) is 0 Å². The van der Waals surface area contributed by atoms with E-state index in [1.807, 2.05) is 0 Å². The molecule has 298 valence electrons. The van der Waals surface area contributed by atoms with Crippen molar-refractivity contribution in [1.82, 2.24) is 0 Å². The van der Waals surface area contributed by atoms with Gasteiger partial charge in [-0.2, -0.15) is 0 Å². The van der Waals surface area contributed by atoms with Gasteiger partial charge in [0.15, 0.2) is 0 Å². The van der Waals surface area contributed by atoms with Gasteiger partial charge in [0.2, 0.25) is 0 Å². The smallest absolute Gasteiger partial charge is 0.119 e. The first-order valence-electron chi connectivity index (χ1n) is 19.8. The van der Waals surface area contributed by atoms with Crippen molar-refractivity contribution < 1.29 is 61.3 Å². The number of hydrogen-bond acceptors (Lipinski definition) is 12. The summed E-state index contributed by atoms with van der Waals surface area (Å²) in [5.41, 5.74) is 3.74. The van der Waals surface area contributed by atoms with Gasteiger partial charge >= 0.3 is 0 Å². The summed E-state index contributed by atoms with van der Waals surface area (Å²) in [5, 5.41) is 137. The second-order valence-electron chi connectivity index (χ2n) is 17.6. The lowest BCUT2D eigenvalue weighted by molar-refractivity contribution is 0.0228. The van der Waals surface area contributed by atoms with Crippen molar-refractivity contribution in [1.29, 1.82) is 0 Å². The van der Waals surface area contributed by atoms with Crippen molar-refractivity contribution in [2.45, 2.75) is 88.6 Å². The van der Waals surface area contributed by atoms with E-state index in [-0.39, 0.29) is 110 Å². The molecule has 0 spiro atoms. The molecule has 56 heavy (non-hydrogen) atoms. The lowest BCUT2D eigenvalue weighted by atomic mass is 9.63. The Morgan fingerprint density at radius 3 is 1.91 bits per heavy atom. The standard InChI is InChI=1S/C44H50O12/c45-33-15-34(46)18-1-17(33)3-21-7-37(49)25-13-31-27(11-29(25)41(21)53)39(51)9-23(43(31)55)5-19-2-20(36(48)16-35(19)47)6-24-10-40(52)28-12-30-26(14-32(28)44(24)56)38(50)8-22(4-18)42(30)54/h7,10,12-13,15-16,18-19,21,23,26-27,29,32,38-39,41,44-56H,1-6,8-9,11,14H2. The van der Waals surface area contributed by atoms with E-state index < -0.39 is 71.8 Å². The molecule has 12 unspecified atom stereocenters. The highest BCUT2D eigenvalue weighted by Gasteiger charge is 2.48. The lowest BCUT2D eigenvalue weighted by Crippen LogP contribution is -2.42. The van der Waals surface area contributed by atoms with E-state index >= 15 is 0 Å². The van der Waals surface area contributed by atoms with Crippen molar-refractivity contribution in [3.63, 3.8) is 0 Å². The minimum atomic E-state index is -1.08.